The summed E-state index contributed by atoms with van der Waals surface area (Å²) in [6, 6.07) is 6.17. The number of aromatic nitrogens is 2. The minimum absolute atomic E-state index is 0.199. The van der Waals surface area contributed by atoms with Crippen LogP contribution < -0.4 is 5.73 Å². The first-order valence-corrected chi connectivity index (χ1v) is 7.26. The lowest BCUT2D eigenvalue weighted by Crippen LogP contribution is -2.21. The highest BCUT2D eigenvalue weighted by Crippen LogP contribution is 2.20. The molecule has 0 bridgehead atoms. The summed E-state index contributed by atoms with van der Waals surface area (Å²) in [5.41, 5.74) is 6.54. The number of benzene rings is 1. The molecule has 2 N–H and O–H groups in total. The van der Waals surface area contributed by atoms with E-state index in [-0.39, 0.29) is 11.9 Å². The molecule has 0 spiro atoms. The van der Waals surface area contributed by atoms with Crippen LogP contribution in [0.2, 0.25) is 0 Å². The number of hydrogen-bond donors (Lipinski definition) is 1. The predicted molar refractivity (Wildman–Crippen MR) is 74.1 cm³/mol. The van der Waals surface area contributed by atoms with E-state index in [1.165, 1.54) is 12.1 Å². The monoisotopic (exact) mass is 281 g/mol. The van der Waals surface area contributed by atoms with Crippen LogP contribution in [-0.2, 0) is 5.75 Å². The Hall–Kier alpha value is -1.40. The average Bonchev–Trinajstić information content (AvgIpc) is 2.88. The minimum Gasteiger partial charge on any atom is -0.420 e. The summed E-state index contributed by atoms with van der Waals surface area (Å²) in [6.07, 6.45) is 0.956. The summed E-state index contributed by atoms with van der Waals surface area (Å²) in [5, 5.41) is 7.92. The Balaban J connectivity index is 1.93. The van der Waals surface area contributed by atoms with E-state index in [0.717, 1.165) is 17.7 Å². The van der Waals surface area contributed by atoms with Crippen molar-refractivity contribution in [1.82, 2.24) is 10.2 Å². The number of thioether (sulfide) groups is 1. The molecular formula is C13H16FN3OS. The quantitative estimate of drug-likeness (QED) is 0.882. The van der Waals surface area contributed by atoms with Crippen molar-refractivity contribution in [2.45, 2.75) is 25.1 Å². The van der Waals surface area contributed by atoms with Crippen molar-refractivity contribution >= 4 is 11.8 Å². The fourth-order valence-electron chi connectivity index (χ4n) is 1.44. The fraction of sp³-hybridized carbons (Fsp3) is 0.385. The molecule has 1 aromatic carbocycles. The molecule has 4 nitrogen and oxygen atoms in total. The zero-order valence-corrected chi connectivity index (χ0v) is 11.5. The molecule has 0 aliphatic rings. The van der Waals surface area contributed by atoms with E-state index in [0.29, 0.717) is 17.5 Å². The number of nitrogens with two attached hydrogens (primary N) is 1. The molecule has 19 heavy (non-hydrogen) atoms. The third-order valence-corrected chi connectivity index (χ3v) is 3.75. The van der Waals surface area contributed by atoms with Crippen molar-refractivity contribution < 1.29 is 8.81 Å². The lowest BCUT2D eigenvalue weighted by molar-refractivity contribution is 0.528. The molecule has 0 amide bonds. The zero-order chi connectivity index (χ0) is 13.7. The summed E-state index contributed by atoms with van der Waals surface area (Å²) in [5.74, 6) is 2.20. The largest absolute Gasteiger partial charge is 0.420 e. The van der Waals surface area contributed by atoms with Gasteiger partial charge in [0, 0.05) is 17.4 Å². The van der Waals surface area contributed by atoms with Crippen LogP contribution in [0.15, 0.2) is 28.7 Å². The van der Waals surface area contributed by atoms with Crippen molar-refractivity contribution in [2.24, 2.45) is 5.73 Å². The van der Waals surface area contributed by atoms with E-state index in [2.05, 4.69) is 17.1 Å². The molecule has 102 valence electrons. The molecular weight excluding hydrogens is 265 g/mol. The van der Waals surface area contributed by atoms with E-state index < -0.39 is 0 Å². The van der Waals surface area contributed by atoms with Crippen LogP contribution >= 0.6 is 11.8 Å². The number of rotatable bonds is 6. The van der Waals surface area contributed by atoms with Gasteiger partial charge >= 0.3 is 0 Å². The Kier molecular flexibility index (Phi) is 4.93. The Morgan fingerprint density at radius 1 is 1.32 bits per heavy atom. The molecule has 2 rings (SSSR count). The summed E-state index contributed by atoms with van der Waals surface area (Å²) >= 11 is 1.67. The van der Waals surface area contributed by atoms with Gasteiger partial charge in [0.1, 0.15) is 5.82 Å². The van der Waals surface area contributed by atoms with Crippen LogP contribution in [0.3, 0.4) is 0 Å². The zero-order valence-electron chi connectivity index (χ0n) is 10.7. The van der Waals surface area contributed by atoms with Crippen molar-refractivity contribution in [1.29, 1.82) is 0 Å². The van der Waals surface area contributed by atoms with Gasteiger partial charge in [-0.1, -0.05) is 6.92 Å². The van der Waals surface area contributed by atoms with Gasteiger partial charge in [-0.15, -0.1) is 10.2 Å². The Morgan fingerprint density at radius 3 is 2.74 bits per heavy atom. The van der Waals surface area contributed by atoms with Gasteiger partial charge in [-0.2, -0.15) is 11.8 Å². The second-order valence-corrected chi connectivity index (χ2v) is 5.22. The SMILES string of the molecule is CCC(N)CSCc1nnc(-c2ccc(F)cc2)o1. The predicted octanol–water partition coefficient (Wildman–Crippen LogP) is 2.85. The molecule has 0 saturated heterocycles. The van der Waals surface area contributed by atoms with E-state index in [1.807, 2.05) is 0 Å². The van der Waals surface area contributed by atoms with Gasteiger partial charge in [-0.3, -0.25) is 0 Å². The van der Waals surface area contributed by atoms with Gasteiger partial charge in [0.15, 0.2) is 0 Å². The first-order valence-electron chi connectivity index (χ1n) is 6.10. The smallest absolute Gasteiger partial charge is 0.247 e. The molecule has 1 atom stereocenters. The number of hydrogen-bond acceptors (Lipinski definition) is 5. The summed E-state index contributed by atoms with van der Waals surface area (Å²) in [7, 11) is 0. The van der Waals surface area contributed by atoms with Crippen molar-refractivity contribution in [2.75, 3.05) is 5.75 Å². The van der Waals surface area contributed by atoms with Gasteiger partial charge in [0.25, 0.3) is 0 Å². The summed E-state index contributed by atoms with van der Waals surface area (Å²) in [6.45, 7) is 2.06. The van der Waals surface area contributed by atoms with Crippen molar-refractivity contribution in [3.05, 3.63) is 36.0 Å². The van der Waals surface area contributed by atoms with Crippen LogP contribution in [0, 0.1) is 5.82 Å². The standard InChI is InChI=1S/C13H16FN3OS/c1-2-11(15)7-19-8-12-16-17-13(18-12)9-3-5-10(14)6-4-9/h3-6,11H,2,7-8,15H2,1H3. The van der Waals surface area contributed by atoms with Gasteiger partial charge in [-0.05, 0) is 30.7 Å². The van der Waals surface area contributed by atoms with Crippen LogP contribution in [-0.4, -0.2) is 22.0 Å². The summed E-state index contributed by atoms with van der Waals surface area (Å²) in [4.78, 5) is 0. The van der Waals surface area contributed by atoms with E-state index in [4.69, 9.17) is 10.2 Å². The third kappa shape index (κ3) is 4.04. The number of nitrogens with zero attached hydrogens (tertiary/aromatic N) is 2. The number of halogens is 1. The van der Waals surface area contributed by atoms with Crippen molar-refractivity contribution in [3.8, 4) is 11.5 Å². The van der Waals surface area contributed by atoms with Gasteiger partial charge < -0.3 is 10.2 Å². The van der Waals surface area contributed by atoms with E-state index >= 15 is 0 Å². The molecule has 1 unspecified atom stereocenters. The van der Waals surface area contributed by atoms with Gasteiger partial charge in [0.2, 0.25) is 11.8 Å². The topological polar surface area (TPSA) is 64.9 Å². The molecule has 1 aromatic heterocycles. The van der Waals surface area contributed by atoms with Crippen molar-refractivity contribution in [3.63, 3.8) is 0 Å². The average molecular weight is 281 g/mol. The van der Waals surface area contributed by atoms with Gasteiger partial charge in [-0.25, -0.2) is 4.39 Å². The second-order valence-electron chi connectivity index (χ2n) is 4.19. The van der Waals surface area contributed by atoms with Crippen LogP contribution in [0.5, 0.6) is 0 Å². The lowest BCUT2D eigenvalue weighted by atomic mass is 10.2. The third-order valence-electron chi connectivity index (χ3n) is 2.64. The Labute approximate surface area is 115 Å². The normalized spacial score (nSPS) is 12.6. The maximum Gasteiger partial charge on any atom is 0.247 e. The maximum absolute atomic E-state index is 12.8. The van der Waals surface area contributed by atoms with Crippen LogP contribution in [0.25, 0.3) is 11.5 Å². The lowest BCUT2D eigenvalue weighted by Gasteiger charge is -2.05. The van der Waals surface area contributed by atoms with E-state index in [1.54, 1.807) is 23.9 Å². The maximum atomic E-state index is 12.8. The van der Waals surface area contributed by atoms with Gasteiger partial charge in [0.05, 0.1) is 5.75 Å². The highest BCUT2D eigenvalue weighted by atomic mass is 32.2. The molecule has 6 heteroatoms. The molecule has 2 aromatic rings. The summed E-state index contributed by atoms with van der Waals surface area (Å²) < 4.78 is 18.3. The highest BCUT2D eigenvalue weighted by Gasteiger charge is 2.09. The first-order chi connectivity index (χ1) is 9.19. The molecule has 0 aliphatic heterocycles. The molecule has 0 radical (unpaired) electrons. The second kappa shape index (κ2) is 6.68. The molecule has 0 fully saturated rings. The molecule has 0 aliphatic carbocycles. The van der Waals surface area contributed by atoms with Crippen LogP contribution in [0.1, 0.15) is 19.2 Å². The Bertz CT molecular complexity index is 515. The fourth-order valence-corrected chi connectivity index (χ4v) is 2.38. The van der Waals surface area contributed by atoms with Crippen LogP contribution in [0.4, 0.5) is 4.39 Å². The highest BCUT2D eigenvalue weighted by molar-refractivity contribution is 7.98. The molecule has 1 heterocycles. The molecule has 0 saturated carbocycles. The Morgan fingerprint density at radius 2 is 2.05 bits per heavy atom. The minimum atomic E-state index is -0.285. The first kappa shape index (κ1) is 14.0. The van der Waals surface area contributed by atoms with E-state index in [9.17, 15) is 4.39 Å².